The van der Waals surface area contributed by atoms with E-state index in [0.717, 1.165) is 16.9 Å². The van der Waals surface area contributed by atoms with E-state index in [1.165, 1.54) is 0 Å². The Labute approximate surface area is 136 Å². The van der Waals surface area contributed by atoms with Crippen molar-refractivity contribution in [3.05, 3.63) is 59.2 Å². The predicted molar refractivity (Wildman–Crippen MR) is 91.2 cm³/mol. The third kappa shape index (κ3) is 4.42. The van der Waals surface area contributed by atoms with E-state index < -0.39 is 0 Å². The lowest BCUT2D eigenvalue weighted by molar-refractivity contribution is -0.118. The summed E-state index contributed by atoms with van der Waals surface area (Å²) in [5, 5.41) is 2.70. The van der Waals surface area contributed by atoms with Crippen LogP contribution in [0.1, 0.15) is 41.3 Å². The molecule has 2 aromatic rings. The van der Waals surface area contributed by atoms with E-state index in [0.29, 0.717) is 23.5 Å². The van der Waals surface area contributed by atoms with E-state index in [1.807, 2.05) is 25.1 Å². The first kappa shape index (κ1) is 16.7. The van der Waals surface area contributed by atoms with E-state index in [-0.39, 0.29) is 12.5 Å². The van der Waals surface area contributed by atoms with Gasteiger partial charge in [-0.05, 0) is 42.2 Å². The maximum Gasteiger partial charge on any atom is 0.262 e. The highest BCUT2D eigenvalue weighted by atomic mass is 16.5. The van der Waals surface area contributed by atoms with E-state index in [1.54, 1.807) is 24.3 Å². The van der Waals surface area contributed by atoms with Gasteiger partial charge in [0.15, 0.2) is 12.9 Å². The number of amides is 1. The van der Waals surface area contributed by atoms with E-state index >= 15 is 0 Å². The summed E-state index contributed by atoms with van der Waals surface area (Å²) in [6.07, 6.45) is 0.716. The van der Waals surface area contributed by atoms with Crippen molar-refractivity contribution in [2.45, 2.75) is 26.7 Å². The average Bonchev–Trinajstić information content (AvgIpc) is 2.53. The Kier molecular flexibility index (Phi) is 5.52. The zero-order valence-electron chi connectivity index (χ0n) is 13.6. The molecule has 4 heteroatoms. The van der Waals surface area contributed by atoms with Crippen LogP contribution in [0.15, 0.2) is 42.5 Å². The highest BCUT2D eigenvalue weighted by molar-refractivity contribution is 5.97. The van der Waals surface area contributed by atoms with Crippen molar-refractivity contribution in [1.29, 1.82) is 0 Å². The summed E-state index contributed by atoms with van der Waals surface area (Å²) in [4.78, 5) is 23.0. The fraction of sp³-hybridized carbons (Fsp3) is 0.263. The van der Waals surface area contributed by atoms with Crippen LogP contribution in [-0.4, -0.2) is 18.8 Å². The van der Waals surface area contributed by atoms with Gasteiger partial charge in [-0.25, -0.2) is 0 Å². The average molecular weight is 311 g/mol. The highest BCUT2D eigenvalue weighted by Gasteiger charge is 2.11. The Morgan fingerprint density at radius 3 is 2.65 bits per heavy atom. The number of hydrogen-bond acceptors (Lipinski definition) is 3. The van der Waals surface area contributed by atoms with E-state index in [4.69, 9.17) is 4.74 Å². The molecule has 1 N–H and O–H groups in total. The van der Waals surface area contributed by atoms with Gasteiger partial charge in [-0.2, -0.15) is 0 Å². The number of rotatable bonds is 6. The molecule has 4 nitrogen and oxygen atoms in total. The van der Waals surface area contributed by atoms with Gasteiger partial charge in [-0.1, -0.05) is 38.1 Å². The quantitative estimate of drug-likeness (QED) is 0.822. The monoisotopic (exact) mass is 311 g/mol. The Morgan fingerprint density at radius 1 is 1.22 bits per heavy atom. The van der Waals surface area contributed by atoms with Crippen molar-refractivity contribution in [1.82, 2.24) is 0 Å². The van der Waals surface area contributed by atoms with Crippen molar-refractivity contribution in [3.63, 3.8) is 0 Å². The van der Waals surface area contributed by atoms with Crippen molar-refractivity contribution in [2.24, 2.45) is 0 Å². The molecule has 0 aliphatic carbocycles. The molecule has 0 heterocycles. The minimum absolute atomic E-state index is 0.101. The zero-order chi connectivity index (χ0) is 16.8. The van der Waals surface area contributed by atoms with Gasteiger partial charge < -0.3 is 10.1 Å². The van der Waals surface area contributed by atoms with Crippen LogP contribution in [0.5, 0.6) is 5.75 Å². The number of aldehydes is 1. The molecule has 0 saturated heterocycles. The molecule has 0 aliphatic heterocycles. The Hall–Kier alpha value is -2.62. The zero-order valence-corrected chi connectivity index (χ0v) is 13.6. The Bertz CT molecular complexity index is 708. The Morgan fingerprint density at radius 2 is 1.96 bits per heavy atom. The molecule has 23 heavy (non-hydrogen) atoms. The fourth-order valence-corrected chi connectivity index (χ4v) is 2.29. The number of benzene rings is 2. The van der Waals surface area contributed by atoms with Gasteiger partial charge in [0.25, 0.3) is 5.91 Å². The lowest BCUT2D eigenvalue weighted by atomic mass is 10.0. The number of aryl methyl sites for hydroxylation is 1. The number of hydrogen-bond donors (Lipinski definition) is 1. The SMILES string of the molecule is Cc1ccc(C(C)C)c(OCC(=O)Nc2ccccc2C=O)c1. The molecule has 2 aromatic carbocycles. The minimum Gasteiger partial charge on any atom is -0.483 e. The topological polar surface area (TPSA) is 55.4 Å². The van der Waals surface area contributed by atoms with Gasteiger partial charge in [-0.15, -0.1) is 0 Å². The molecule has 0 unspecified atom stereocenters. The second kappa shape index (κ2) is 7.58. The van der Waals surface area contributed by atoms with Crippen LogP contribution in [0.2, 0.25) is 0 Å². The molecule has 0 aromatic heterocycles. The number of para-hydroxylation sites is 1. The first-order valence-corrected chi connectivity index (χ1v) is 7.58. The van der Waals surface area contributed by atoms with Gasteiger partial charge in [-0.3, -0.25) is 9.59 Å². The molecule has 0 aliphatic rings. The highest BCUT2D eigenvalue weighted by Crippen LogP contribution is 2.27. The summed E-state index contributed by atoms with van der Waals surface area (Å²) in [6.45, 7) is 6.05. The van der Waals surface area contributed by atoms with Gasteiger partial charge in [0.05, 0.1) is 5.69 Å². The third-order valence-electron chi connectivity index (χ3n) is 3.51. The summed E-state index contributed by atoms with van der Waals surface area (Å²) < 4.78 is 5.69. The van der Waals surface area contributed by atoms with Crippen LogP contribution >= 0.6 is 0 Å². The number of ether oxygens (including phenoxy) is 1. The Balaban J connectivity index is 2.05. The van der Waals surface area contributed by atoms with Gasteiger partial charge >= 0.3 is 0 Å². The molecule has 2 rings (SSSR count). The first-order valence-electron chi connectivity index (χ1n) is 7.58. The molecular weight excluding hydrogens is 290 g/mol. The van der Waals surface area contributed by atoms with E-state index in [2.05, 4.69) is 19.2 Å². The van der Waals surface area contributed by atoms with E-state index in [9.17, 15) is 9.59 Å². The van der Waals surface area contributed by atoms with Gasteiger partial charge in [0.1, 0.15) is 5.75 Å². The van der Waals surface area contributed by atoms with Crippen LogP contribution in [0.25, 0.3) is 0 Å². The predicted octanol–water partition coefficient (Wildman–Crippen LogP) is 3.95. The fourth-order valence-electron chi connectivity index (χ4n) is 2.29. The number of carbonyl (C=O) groups excluding carboxylic acids is 2. The summed E-state index contributed by atoms with van der Waals surface area (Å²) in [7, 11) is 0. The van der Waals surface area contributed by atoms with Crippen molar-refractivity contribution < 1.29 is 14.3 Å². The number of anilines is 1. The molecule has 0 saturated carbocycles. The summed E-state index contributed by atoms with van der Waals surface area (Å²) in [5.74, 6) is 0.735. The molecule has 0 bridgehead atoms. The maximum absolute atomic E-state index is 12.1. The molecule has 0 radical (unpaired) electrons. The molecule has 1 amide bonds. The molecule has 0 atom stereocenters. The summed E-state index contributed by atoms with van der Waals surface area (Å²) >= 11 is 0. The molecule has 0 spiro atoms. The number of carbonyl (C=O) groups is 2. The molecular formula is C19H21NO3. The second-order valence-electron chi connectivity index (χ2n) is 5.74. The number of nitrogens with one attached hydrogen (secondary N) is 1. The van der Waals surface area contributed by atoms with Crippen LogP contribution in [0.4, 0.5) is 5.69 Å². The third-order valence-corrected chi connectivity index (χ3v) is 3.51. The van der Waals surface area contributed by atoms with Crippen LogP contribution in [0, 0.1) is 6.92 Å². The molecule has 120 valence electrons. The standard InChI is InChI=1S/C19H21NO3/c1-13(2)16-9-8-14(3)10-18(16)23-12-19(22)20-17-7-5-4-6-15(17)11-21/h4-11,13H,12H2,1-3H3,(H,20,22). The van der Waals surface area contributed by atoms with Crippen LogP contribution in [-0.2, 0) is 4.79 Å². The molecule has 0 fully saturated rings. The van der Waals surface area contributed by atoms with Crippen molar-refractivity contribution in [2.75, 3.05) is 11.9 Å². The van der Waals surface area contributed by atoms with Crippen LogP contribution < -0.4 is 10.1 Å². The maximum atomic E-state index is 12.1. The summed E-state index contributed by atoms with van der Waals surface area (Å²) in [5.41, 5.74) is 3.08. The largest absolute Gasteiger partial charge is 0.483 e. The smallest absolute Gasteiger partial charge is 0.262 e. The first-order chi connectivity index (χ1) is 11.0. The van der Waals surface area contributed by atoms with Crippen molar-refractivity contribution in [3.8, 4) is 5.75 Å². The normalized spacial score (nSPS) is 10.4. The van der Waals surface area contributed by atoms with Gasteiger partial charge in [0.2, 0.25) is 0 Å². The lowest BCUT2D eigenvalue weighted by Crippen LogP contribution is -2.21. The van der Waals surface area contributed by atoms with Crippen molar-refractivity contribution >= 4 is 17.9 Å². The van der Waals surface area contributed by atoms with Crippen LogP contribution in [0.3, 0.4) is 0 Å². The summed E-state index contributed by atoms with van der Waals surface area (Å²) in [6, 6.07) is 12.8. The van der Waals surface area contributed by atoms with Gasteiger partial charge in [0, 0.05) is 5.56 Å². The second-order valence-corrected chi connectivity index (χ2v) is 5.74. The minimum atomic E-state index is -0.296. The lowest BCUT2D eigenvalue weighted by Gasteiger charge is -2.15.